The van der Waals surface area contributed by atoms with Crippen LogP contribution in [-0.2, 0) is 11.3 Å². The molecule has 0 saturated heterocycles. The molecule has 0 bridgehead atoms. The first-order chi connectivity index (χ1) is 12.3. The number of methoxy groups -OCH3 is 1. The average molecular weight is 341 g/mol. The van der Waals surface area contributed by atoms with Gasteiger partial charge in [0, 0.05) is 38.5 Å². The Kier molecular flexibility index (Phi) is 4.02. The minimum Gasteiger partial charge on any atom is -0.454 e. The van der Waals surface area contributed by atoms with Gasteiger partial charge in [-0.15, -0.1) is 0 Å². The van der Waals surface area contributed by atoms with Crippen LogP contribution in [0.25, 0.3) is 11.0 Å². The SMILES string of the molecule is CNc1nc2cnc(Nc3ccc4c(c3)OCO4)cc2n1CCOC. The van der Waals surface area contributed by atoms with E-state index in [4.69, 9.17) is 14.2 Å². The van der Waals surface area contributed by atoms with E-state index >= 15 is 0 Å². The van der Waals surface area contributed by atoms with Crippen LogP contribution in [0.4, 0.5) is 17.5 Å². The van der Waals surface area contributed by atoms with Gasteiger partial charge in [-0.2, -0.15) is 0 Å². The number of aromatic nitrogens is 3. The molecule has 0 amide bonds. The summed E-state index contributed by atoms with van der Waals surface area (Å²) in [4.78, 5) is 9.00. The van der Waals surface area contributed by atoms with Crippen molar-refractivity contribution in [3.63, 3.8) is 0 Å². The summed E-state index contributed by atoms with van der Waals surface area (Å²) in [5.74, 6) is 3.00. The van der Waals surface area contributed by atoms with Crippen molar-refractivity contribution in [3.8, 4) is 11.5 Å². The summed E-state index contributed by atoms with van der Waals surface area (Å²) in [5, 5.41) is 6.41. The minimum atomic E-state index is 0.258. The summed E-state index contributed by atoms with van der Waals surface area (Å²) in [6.45, 7) is 1.57. The van der Waals surface area contributed by atoms with E-state index in [2.05, 4.69) is 25.2 Å². The molecular formula is C17H19N5O3. The predicted molar refractivity (Wildman–Crippen MR) is 94.8 cm³/mol. The topological polar surface area (TPSA) is 82.5 Å². The Morgan fingerprint density at radius 2 is 2.12 bits per heavy atom. The molecule has 25 heavy (non-hydrogen) atoms. The Morgan fingerprint density at radius 1 is 1.24 bits per heavy atom. The molecular weight excluding hydrogens is 322 g/mol. The number of pyridine rings is 1. The number of rotatable bonds is 6. The van der Waals surface area contributed by atoms with Gasteiger partial charge in [-0.05, 0) is 12.1 Å². The quantitative estimate of drug-likeness (QED) is 0.713. The lowest BCUT2D eigenvalue weighted by atomic mass is 10.2. The zero-order chi connectivity index (χ0) is 17.2. The lowest BCUT2D eigenvalue weighted by Crippen LogP contribution is -2.08. The number of ether oxygens (including phenoxy) is 3. The van der Waals surface area contributed by atoms with Crippen molar-refractivity contribution in [2.24, 2.45) is 0 Å². The molecule has 3 aromatic rings. The number of hydrogen-bond donors (Lipinski definition) is 2. The van der Waals surface area contributed by atoms with Crippen LogP contribution >= 0.6 is 0 Å². The van der Waals surface area contributed by atoms with Crippen molar-refractivity contribution in [1.82, 2.24) is 14.5 Å². The van der Waals surface area contributed by atoms with Crippen molar-refractivity contribution in [3.05, 3.63) is 30.5 Å². The zero-order valence-electron chi connectivity index (χ0n) is 14.1. The first kappa shape index (κ1) is 15.5. The Hall–Kier alpha value is -3.00. The molecule has 2 aromatic heterocycles. The van der Waals surface area contributed by atoms with Gasteiger partial charge in [0.1, 0.15) is 11.3 Å². The molecule has 0 fully saturated rings. The Bertz CT molecular complexity index is 909. The van der Waals surface area contributed by atoms with Gasteiger partial charge in [0.25, 0.3) is 0 Å². The fourth-order valence-corrected chi connectivity index (χ4v) is 2.82. The number of imidazole rings is 1. The van der Waals surface area contributed by atoms with E-state index in [0.29, 0.717) is 13.2 Å². The average Bonchev–Trinajstić information content (AvgIpc) is 3.23. The maximum absolute atomic E-state index is 5.41. The van der Waals surface area contributed by atoms with E-state index in [1.54, 1.807) is 13.3 Å². The third kappa shape index (κ3) is 2.91. The van der Waals surface area contributed by atoms with Crippen LogP contribution in [-0.4, -0.2) is 42.1 Å². The van der Waals surface area contributed by atoms with Crippen molar-refractivity contribution < 1.29 is 14.2 Å². The van der Waals surface area contributed by atoms with Crippen LogP contribution in [0, 0.1) is 0 Å². The number of hydrogen-bond acceptors (Lipinski definition) is 7. The summed E-state index contributed by atoms with van der Waals surface area (Å²) in [6.07, 6.45) is 1.76. The molecule has 8 heteroatoms. The maximum Gasteiger partial charge on any atom is 0.231 e. The zero-order valence-corrected chi connectivity index (χ0v) is 14.1. The summed E-state index contributed by atoms with van der Waals surface area (Å²) in [7, 11) is 3.54. The highest BCUT2D eigenvalue weighted by molar-refractivity contribution is 5.81. The molecule has 130 valence electrons. The predicted octanol–water partition coefficient (Wildman–Crippen LogP) is 2.59. The second-order valence-electron chi connectivity index (χ2n) is 5.58. The second-order valence-corrected chi connectivity index (χ2v) is 5.58. The molecule has 0 radical (unpaired) electrons. The molecule has 0 aliphatic carbocycles. The largest absolute Gasteiger partial charge is 0.454 e. The van der Waals surface area contributed by atoms with Gasteiger partial charge in [0.2, 0.25) is 12.7 Å². The highest BCUT2D eigenvalue weighted by Gasteiger charge is 2.14. The first-order valence-corrected chi connectivity index (χ1v) is 7.98. The van der Waals surface area contributed by atoms with E-state index in [1.807, 2.05) is 31.3 Å². The third-order valence-electron chi connectivity index (χ3n) is 4.02. The number of nitrogens with zero attached hydrogens (tertiary/aromatic N) is 3. The van der Waals surface area contributed by atoms with Gasteiger partial charge in [0.05, 0.1) is 18.3 Å². The second kappa shape index (κ2) is 6.48. The molecule has 1 aliphatic heterocycles. The van der Waals surface area contributed by atoms with Gasteiger partial charge in [-0.1, -0.05) is 0 Å². The highest BCUT2D eigenvalue weighted by atomic mass is 16.7. The summed E-state index contributed by atoms with van der Waals surface area (Å²) in [5.41, 5.74) is 2.70. The van der Waals surface area contributed by atoms with Crippen LogP contribution in [0.3, 0.4) is 0 Å². The Morgan fingerprint density at radius 3 is 2.96 bits per heavy atom. The summed E-state index contributed by atoms with van der Waals surface area (Å²) in [6, 6.07) is 7.69. The van der Waals surface area contributed by atoms with Crippen LogP contribution in [0.15, 0.2) is 30.5 Å². The van der Waals surface area contributed by atoms with Crippen LogP contribution in [0.5, 0.6) is 11.5 Å². The van der Waals surface area contributed by atoms with Gasteiger partial charge in [-0.25, -0.2) is 9.97 Å². The fourth-order valence-electron chi connectivity index (χ4n) is 2.82. The maximum atomic E-state index is 5.41. The number of nitrogens with one attached hydrogen (secondary N) is 2. The molecule has 0 spiro atoms. The van der Waals surface area contributed by atoms with Gasteiger partial charge in [-0.3, -0.25) is 0 Å². The molecule has 2 N–H and O–H groups in total. The Labute approximate surface area is 144 Å². The number of anilines is 3. The highest BCUT2D eigenvalue weighted by Crippen LogP contribution is 2.35. The van der Waals surface area contributed by atoms with Crippen molar-refractivity contribution in [1.29, 1.82) is 0 Å². The first-order valence-electron chi connectivity index (χ1n) is 7.98. The number of benzene rings is 1. The summed E-state index contributed by atoms with van der Waals surface area (Å²) >= 11 is 0. The number of fused-ring (bicyclic) bond motifs is 2. The standard InChI is InChI=1S/C17H19N5O3/c1-18-17-21-12-9-19-16(8-13(12)22(17)5-6-23-2)20-11-3-4-14-15(7-11)25-10-24-14/h3-4,7-9H,5-6,10H2,1-2H3,(H,18,21)(H,19,20). The fraction of sp³-hybridized carbons (Fsp3) is 0.294. The van der Waals surface area contributed by atoms with Gasteiger partial charge < -0.3 is 29.4 Å². The lowest BCUT2D eigenvalue weighted by molar-refractivity contribution is 0.174. The van der Waals surface area contributed by atoms with Crippen molar-refractivity contribution >= 4 is 28.5 Å². The van der Waals surface area contributed by atoms with E-state index in [0.717, 1.165) is 40.0 Å². The van der Waals surface area contributed by atoms with Crippen LogP contribution in [0.1, 0.15) is 0 Å². The third-order valence-corrected chi connectivity index (χ3v) is 4.02. The molecule has 0 atom stereocenters. The van der Waals surface area contributed by atoms with E-state index in [-0.39, 0.29) is 6.79 Å². The van der Waals surface area contributed by atoms with Crippen LogP contribution in [0.2, 0.25) is 0 Å². The molecule has 3 heterocycles. The normalized spacial score (nSPS) is 12.6. The molecule has 0 saturated carbocycles. The van der Waals surface area contributed by atoms with Gasteiger partial charge in [0.15, 0.2) is 11.5 Å². The Balaban J connectivity index is 1.66. The molecule has 4 rings (SSSR count). The van der Waals surface area contributed by atoms with Crippen molar-refractivity contribution in [2.45, 2.75) is 6.54 Å². The van der Waals surface area contributed by atoms with E-state index < -0.39 is 0 Å². The van der Waals surface area contributed by atoms with Crippen LogP contribution < -0.4 is 20.1 Å². The monoisotopic (exact) mass is 341 g/mol. The molecule has 1 aliphatic rings. The minimum absolute atomic E-state index is 0.258. The van der Waals surface area contributed by atoms with E-state index in [9.17, 15) is 0 Å². The van der Waals surface area contributed by atoms with Gasteiger partial charge >= 0.3 is 0 Å². The molecule has 8 nitrogen and oxygen atoms in total. The van der Waals surface area contributed by atoms with E-state index in [1.165, 1.54) is 0 Å². The molecule has 0 unspecified atom stereocenters. The molecule has 1 aromatic carbocycles. The smallest absolute Gasteiger partial charge is 0.231 e. The summed E-state index contributed by atoms with van der Waals surface area (Å²) < 4.78 is 18.0. The van der Waals surface area contributed by atoms with Crippen molar-refractivity contribution in [2.75, 3.05) is 38.2 Å². The lowest BCUT2D eigenvalue weighted by Gasteiger charge is -2.09.